The van der Waals surface area contributed by atoms with Gasteiger partial charge in [0.1, 0.15) is 5.69 Å². The maximum atomic E-state index is 12.0. The topological polar surface area (TPSA) is 74.1 Å². The molecule has 0 saturated carbocycles. The van der Waals surface area contributed by atoms with Crippen molar-refractivity contribution in [1.82, 2.24) is 0 Å². The van der Waals surface area contributed by atoms with Crippen LogP contribution in [0.15, 0.2) is 18.2 Å². The number of nitro groups is 1. The molecular weight excluding hydrogens is 371 g/mol. The zero-order valence-electron chi connectivity index (χ0n) is 18.4. The highest BCUT2D eigenvalue weighted by molar-refractivity contribution is 6.62. The second-order valence-corrected chi connectivity index (χ2v) is 9.48. The molecule has 8 heteroatoms. The molecule has 0 N–H and O–H groups in total. The van der Waals surface area contributed by atoms with Gasteiger partial charge in [-0.3, -0.25) is 10.1 Å². The van der Waals surface area contributed by atoms with Crippen LogP contribution in [0.25, 0.3) is 0 Å². The Hall–Kier alpha value is -1.64. The first-order valence-electron chi connectivity index (χ1n) is 10.5. The predicted octanol–water partition coefficient (Wildman–Crippen LogP) is 3.54. The van der Waals surface area contributed by atoms with Crippen LogP contribution in [0.5, 0.6) is 0 Å². The van der Waals surface area contributed by atoms with Gasteiger partial charge < -0.3 is 18.9 Å². The first-order valence-corrected chi connectivity index (χ1v) is 10.5. The summed E-state index contributed by atoms with van der Waals surface area (Å²) in [5, 5.41) is 12.0. The second-order valence-electron chi connectivity index (χ2n) is 9.48. The van der Waals surface area contributed by atoms with Gasteiger partial charge in [0.25, 0.3) is 5.69 Å². The van der Waals surface area contributed by atoms with Crippen molar-refractivity contribution in [1.29, 1.82) is 0 Å². The van der Waals surface area contributed by atoms with Gasteiger partial charge in [-0.1, -0.05) is 19.9 Å². The maximum Gasteiger partial charge on any atom is 0.495 e. The first kappa shape index (κ1) is 22.1. The van der Waals surface area contributed by atoms with Crippen LogP contribution in [0.3, 0.4) is 0 Å². The number of nitrogens with zero attached hydrogens (tertiary/aromatic N) is 2. The van der Waals surface area contributed by atoms with Crippen LogP contribution >= 0.6 is 0 Å². The Labute approximate surface area is 174 Å². The van der Waals surface area contributed by atoms with Gasteiger partial charge in [-0.2, -0.15) is 0 Å². The highest BCUT2D eigenvalue weighted by Gasteiger charge is 2.52. The molecule has 160 valence electrons. The molecule has 1 aromatic rings. The number of benzene rings is 1. The lowest BCUT2D eigenvalue weighted by atomic mass is 9.78. The molecule has 0 radical (unpaired) electrons. The van der Waals surface area contributed by atoms with E-state index in [9.17, 15) is 10.1 Å². The van der Waals surface area contributed by atoms with Gasteiger partial charge in [0.2, 0.25) is 0 Å². The van der Waals surface area contributed by atoms with E-state index in [1.165, 1.54) is 0 Å². The third-order valence-electron chi connectivity index (χ3n) is 6.22. The fourth-order valence-electron chi connectivity index (χ4n) is 3.89. The Morgan fingerprint density at radius 2 is 1.76 bits per heavy atom. The number of nitro benzene ring substituents is 1. The minimum Gasteiger partial charge on any atom is -0.399 e. The van der Waals surface area contributed by atoms with E-state index in [1.807, 2.05) is 39.8 Å². The van der Waals surface area contributed by atoms with E-state index in [1.54, 1.807) is 6.07 Å². The molecule has 0 aliphatic carbocycles. The summed E-state index contributed by atoms with van der Waals surface area (Å²) in [6.07, 6.45) is 1.76. The number of ether oxygens (including phenoxy) is 1. The smallest absolute Gasteiger partial charge is 0.399 e. The van der Waals surface area contributed by atoms with Crippen molar-refractivity contribution in [3.8, 4) is 0 Å². The van der Waals surface area contributed by atoms with E-state index in [4.69, 9.17) is 14.0 Å². The SMILES string of the molecule is CC(C)CN(c1ccc(B2OC(C)(C)C(C)(C)O2)cc1[N+](=O)[O-])C1CCOCC1. The average Bonchev–Trinajstić information content (AvgIpc) is 2.87. The number of hydrogen-bond acceptors (Lipinski definition) is 6. The van der Waals surface area contributed by atoms with E-state index < -0.39 is 18.3 Å². The summed E-state index contributed by atoms with van der Waals surface area (Å²) in [5.74, 6) is 0.389. The van der Waals surface area contributed by atoms with Crippen LogP contribution in [0.4, 0.5) is 11.4 Å². The van der Waals surface area contributed by atoms with Crippen molar-refractivity contribution in [3.05, 3.63) is 28.3 Å². The highest BCUT2D eigenvalue weighted by Crippen LogP contribution is 2.38. The molecule has 2 heterocycles. The molecule has 29 heavy (non-hydrogen) atoms. The molecule has 0 aromatic heterocycles. The fraction of sp³-hybridized carbons (Fsp3) is 0.714. The molecule has 0 atom stereocenters. The van der Waals surface area contributed by atoms with Crippen LogP contribution in [0, 0.1) is 16.0 Å². The Morgan fingerprint density at radius 1 is 1.17 bits per heavy atom. The lowest BCUT2D eigenvalue weighted by Crippen LogP contribution is -2.42. The first-order chi connectivity index (χ1) is 13.5. The molecule has 7 nitrogen and oxygen atoms in total. The van der Waals surface area contributed by atoms with Crippen molar-refractivity contribution >= 4 is 24.0 Å². The minimum atomic E-state index is -0.616. The lowest BCUT2D eigenvalue weighted by molar-refractivity contribution is -0.384. The number of anilines is 1. The molecule has 0 bridgehead atoms. The van der Waals surface area contributed by atoms with Crippen LogP contribution < -0.4 is 10.4 Å². The second kappa shape index (κ2) is 8.24. The van der Waals surface area contributed by atoms with Crippen LogP contribution in [0.2, 0.25) is 0 Å². The van der Waals surface area contributed by atoms with E-state index in [0.717, 1.165) is 19.4 Å². The van der Waals surface area contributed by atoms with E-state index >= 15 is 0 Å². The van der Waals surface area contributed by atoms with Gasteiger partial charge >= 0.3 is 7.12 Å². The molecule has 2 saturated heterocycles. The predicted molar refractivity (Wildman–Crippen MR) is 115 cm³/mol. The summed E-state index contributed by atoms with van der Waals surface area (Å²) >= 11 is 0. The van der Waals surface area contributed by atoms with E-state index in [2.05, 4.69) is 18.7 Å². The summed E-state index contributed by atoms with van der Waals surface area (Å²) in [4.78, 5) is 13.9. The lowest BCUT2D eigenvalue weighted by Gasteiger charge is -2.37. The van der Waals surface area contributed by atoms with E-state index in [-0.39, 0.29) is 16.7 Å². The fourth-order valence-corrected chi connectivity index (χ4v) is 3.89. The largest absolute Gasteiger partial charge is 0.495 e. The Kier molecular flexibility index (Phi) is 6.27. The van der Waals surface area contributed by atoms with Crippen LogP contribution in [-0.4, -0.2) is 49.0 Å². The normalized spacial score (nSPS) is 21.6. The molecule has 1 aromatic carbocycles. The minimum absolute atomic E-state index is 0.101. The van der Waals surface area contributed by atoms with Gasteiger partial charge in [0.15, 0.2) is 0 Å². The van der Waals surface area contributed by atoms with Crippen LogP contribution in [0.1, 0.15) is 54.4 Å². The van der Waals surface area contributed by atoms with Crippen molar-refractivity contribution in [2.45, 2.75) is 71.6 Å². The average molecular weight is 404 g/mol. The highest BCUT2D eigenvalue weighted by atomic mass is 16.7. The zero-order valence-corrected chi connectivity index (χ0v) is 18.4. The molecule has 0 amide bonds. The van der Waals surface area contributed by atoms with Crippen molar-refractivity contribution in [3.63, 3.8) is 0 Å². The van der Waals surface area contributed by atoms with E-state index in [0.29, 0.717) is 30.3 Å². The Bertz CT molecular complexity index is 731. The summed E-state index contributed by atoms with van der Waals surface area (Å²) in [6, 6.07) is 5.62. The summed E-state index contributed by atoms with van der Waals surface area (Å²) in [5.41, 5.74) is 0.462. The van der Waals surface area contributed by atoms with Gasteiger partial charge in [-0.25, -0.2) is 0 Å². The third-order valence-corrected chi connectivity index (χ3v) is 6.22. The Balaban J connectivity index is 1.96. The van der Waals surface area contributed by atoms with Crippen molar-refractivity contribution < 1.29 is 19.0 Å². The molecule has 0 spiro atoms. The monoisotopic (exact) mass is 404 g/mol. The van der Waals surface area contributed by atoms with Gasteiger partial charge in [0.05, 0.1) is 16.1 Å². The molecule has 2 fully saturated rings. The molecule has 2 aliphatic rings. The number of rotatable bonds is 6. The van der Waals surface area contributed by atoms with Crippen molar-refractivity contribution in [2.24, 2.45) is 5.92 Å². The maximum absolute atomic E-state index is 12.0. The quantitative estimate of drug-likeness (QED) is 0.410. The van der Waals surface area contributed by atoms with Crippen molar-refractivity contribution in [2.75, 3.05) is 24.7 Å². The molecular formula is C21H33BN2O5. The summed E-state index contributed by atoms with van der Waals surface area (Å²) < 4.78 is 17.7. The summed E-state index contributed by atoms with van der Waals surface area (Å²) in [7, 11) is -0.616. The third kappa shape index (κ3) is 4.59. The molecule has 3 rings (SSSR count). The van der Waals surface area contributed by atoms with Gasteiger partial charge in [0, 0.05) is 31.9 Å². The summed E-state index contributed by atoms with van der Waals surface area (Å²) in [6.45, 7) is 14.3. The van der Waals surface area contributed by atoms with Crippen LogP contribution in [-0.2, 0) is 14.0 Å². The Morgan fingerprint density at radius 3 is 2.28 bits per heavy atom. The standard InChI is InChI=1S/C21H33BN2O5/c1-15(2)14-23(17-9-11-27-12-10-17)18-8-7-16(13-19(18)24(25)26)22-28-20(3,4)21(5,6)29-22/h7-8,13,15,17H,9-12,14H2,1-6H3. The van der Waals surface area contributed by atoms with Gasteiger partial charge in [-0.05, 0) is 58.0 Å². The molecule has 0 unspecified atom stereocenters. The number of hydrogen-bond donors (Lipinski definition) is 0. The molecule has 2 aliphatic heterocycles. The van der Waals surface area contributed by atoms with Gasteiger partial charge in [-0.15, -0.1) is 0 Å². The zero-order chi connectivity index (χ0) is 21.4.